The Hall–Kier alpha value is -0.940. The molecule has 0 bridgehead atoms. The second kappa shape index (κ2) is 4.06. The van der Waals surface area contributed by atoms with Crippen LogP contribution in [0.15, 0.2) is 4.63 Å². The predicted molar refractivity (Wildman–Crippen MR) is 51.8 cm³/mol. The van der Waals surface area contributed by atoms with Gasteiger partial charge in [-0.05, 0) is 13.5 Å². The maximum Gasteiger partial charge on any atom is 0.122 e. The normalized spacial score (nSPS) is 17.4. The van der Waals surface area contributed by atoms with Gasteiger partial charge in [0, 0.05) is 25.7 Å². The minimum Gasteiger partial charge on any atom is -0.314 e. The van der Waals surface area contributed by atoms with Gasteiger partial charge in [-0.1, -0.05) is 17.2 Å². The van der Waals surface area contributed by atoms with E-state index in [2.05, 4.69) is 32.1 Å². The van der Waals surface area contributed by atoms with Crippen LogP contribution in [0.1, 0.15) is 18.3 Å². The number of rotatable bonds is 4. The van der Waals surface area contributed by atoms with Crippen molar-refractivity contribution in [1.82, 2.24) is 20.5 Å². The molecule has 1 aliphatic heterocycles. The molecule has 0 amide bonds. The van der Waals surface area contributed by atoms with Gasteiger partial charge in [0.2, 0.25) is 0 Å². The van der Waals surface area contributed by atoms with Crippen LogP contribution in [0.4, 0.5) is 0 Å². The highest BCUT2D eigenvalue weighted by atomic mass is 16.6. The lowest BCUT2D eigenvalue weighted by Crippen LogP contribution is -2.56. The van der Waals surface area contributed by atoms with Gasteiger partial charge in [-0.3, -0.25) is 4.90 Å². The lowest BCUT2D eigenvalue weighted by atomic mass is 10.1. The molecule has 0 aliphatic carbocycles. The van der Waals surface area contributed by atoms with E-state index < -0.39 is 0 Å². The molecule has 0 saturated carbocycles. The molecule has 2 rings (SSSR count). The van der Waals surface area contributed by atoms with Crippen molar-refractivity contribution in [2.24, 2.45) is 0 Å². The number of likely N-dealkylation sites (N-methyl/N-ethyl adjacent to an activating group) is 1. The molecule has 14 heavy (non-hydrogen) atoms. The Balaban J connectivity index is 1.97. The monoisotopic (exact) mass is 196 g/mol. The molecule has 1 saturated heterocycles. The number of hydrogen-bond donors (Lipinski definition) is 1. The van der Waals surface area contributed by atoms with Crippen LogP contribution < -0.4 is 5.32 Å². The maximum atomic E-state index is 4.68. The lowest BCUT2D eigenvalue weighted by Gasteiger charge is -2.37. The molecule has 2 heterocycles. The second-order valence-electron chi connectivity index (χ2n) is 3.67. The first-order valence-corrected chi connectivity index (χ1v) is 5.04. The summed E-state index contributed by atoms with van der Waals surface area (Å²) in [5.74, 6) is 0. The summed E-state index contributed by atoms with van der Waals surface area (Å²) in [5, 5.41) is 10.9. The van der Waals surface area contributed by atoms with Gasteiger partial charge in [0.25, 0.3) is 0 Å². The van der Waals surface area contributed by atoms with Crippen LogP contribution in [0.2, 0.25) is 0 Å². The molecular weight excluding hydrogens is 180 g/mol. The van der Waals surface area contributed by atoms with E-state index in [1.165, 1.54) is 0 Å². The smallest absolute Gasteiger partial charge is 0.122 e. The average molecular weight is 196 g/mol. The number of aryl methyl sites for hydroxylation is 1. The van der Waals surface area contributed by atoms with Gasteiger partial charge < -0.3 is 5.32 Å². The summed E-state index contributed by atoms with van der Waals surface area (Å²) in [7, 11) is 0. The molecule has 5 nitrogen and oxygen atoms in total. The highest BCUT2D eigenvalue weighted by Crippen LogP contribution is 2.11. The van der Waals surface area contributed by atoms with E-state index in [4.69, 9.17) is 0 Å². The second-order valence-corrected chi connectivity index (χ2v) is 3.67. The molecule has 0 aromatic carbocycles. The van der Waals surface area contributed by atoms with E-state index in [1.54, 1.807) is 0 Å². The third-order valence-corrected chi connectivity index (χ3v) is 2.78. The lowest BCUT2D eigenvalue weighted by molar-refractivity contribution is 0.141. The molecule has 1 fully saturated rings. The SMILES string of the molecule is CCN(Cc1nonc1C)C1CNC1. The van der Waals surface area contributed by atoms with Crippen molar-refractivity contribution >= 4 is 0 Å². The van der Waals surface area contributed by atoms with Crippen molar-refractivity contribution in [1.29, 1.82) is 0 Å². The van der Waals surface area contributed by atoms with Crippen LogP contribution >= 0.6 is 0 Å². The molecular formula is C9H16N4O. The van der Waals surface area contributed by atoms with E-state index in [-0.39, 0.29) is 0 Å². The molecule has 0 spiro atoms. The van der Waals surface area contributed by atoms with Crippen LogP contribution in [-0.2, 0) is 6.54 Å². The van der Waals surface area contributed by atoms with Crippen molar-refractivity contribution in [3.63, 3.8) is 0 Å². The highest BCUT2D eigenvalue weighted by Gasteiger charge is 2.24. The highest BCUT2D eigenvalue weighted by molar-refractivity contribution is 5.05. The van der Waals surface area contributed by atoms with Gasteiger partial charge in [0.05, 0.1) is 0 Å². The van der Waals surface area contributed by atoms with Gasteiger partial charge >= 0.3 is 0 Å². The van der Waals surface area contributed by atoms with Gasteiger partial charge in [0.1, 0.15) is 11.4 Å². The van der Waals surface area contributed by atoms with E-state index in [9.17, 15) is 0 Å². The minimum absolute atomic E-state index is 0.649. The zero-order valence-electron chi connectivity index (χ0n) is 8.66. The van der Waals surface area contributed by atoms with E-state index in [0.717, 1.165) is 37.6 Å². The van der Waals surface area contributed by atoms with Crippen LogP contribution in [0.3, 0.4) is 0 Å². The third kappa shape index (κ3) is 1.78. The largest absolute Gasteiger partial charge is 0.314 e. The minimum atomic E-state index is 0.649. The molecule has 1 aromatic rings. The molecule has 1 aliphatic rings. The van der Waals surface area contributed by atoms with E-state index in [0.29, 0.717) is 6.04 Å². The van der Waals surface area contributed by atoms with Crippen molar-refractivity contribution in [2.45, 2.75) is 26.4 Å². The first kappa shape index (κ1) is 9.61. The fraction of sp³-hybridized carbons (Fsp3) is 0.778. The van der Waals surface area contributed by atoms with Gasteiger partial charge in [-0.2, -0.15) is 0 Å². The first-order valence-electron chi connectivity index (χ1n) is 5.04. The Morgan fingerprint density at radius 3 is 2.71 bits per heavy atom. The maximum absolute atomic E-state index is 4.68. The third-order valence-electron chi connectivity index (χ3n) is 2.78. The topological polar surface area (TPSA) is 54.2 Å². The van der Waals surface area contributed by atoms with Crippen molar-refractivity contribution in [3.8, 4) is 0 Å². The molecule has 0 radical (unpaired) electrons. The van der Waals surface area contributed by atoms with Crippen molar-refractivity contribution in [2.75, 3.05) is 19.6 Å². The summed E-state index contributed by atoms with van der Waals surface area (Å²) in [6.45, 7) is 8.15. The Morgan fingerprint density at radius 1 is 1.50 bits per heavy atom. The average Bonchev–Trinajstić information content (AvgIpc) is 2.47. The summed E-state index contributed by atoms with van der Waals surface area (Å²) in [6.07, 6.45) is 0. The Bertz CT molecular complexity index is 295. The quantitative estimate of drug-likeness (QED) is 0.744. The van der Waals surface area contributed by atoms with Gasteiger partial charge in [0.15, 0.2) is 0 Å². The summed E-state index contributed by atoms with van der Waals surface area (Å²) >= 11 is 0. The number of nitrogens with zero attached hydrogens (tertiary/aromatic N) is 3. The summed E-state index contributed by atoms with van der Waals surface area (Å²) in [6, 6.07) is 0.649. The molecule has 5 heteroatoms. The fourth-order valence-electron chi connectivity index (χ4n) is 1.62. The standard InChI is InChI=1S/C9H16N4O/c1-3-13(8-4-10-5-8)6-9-7(2)11-14-12-9/h8,10H,3-6H2,1-2H3. The van der Waals surface area contributed by atoms with Crippen LogP contribution in [-0.4, -0.2) is 40.9 Å². The van der Waals surface area contributed by atoms with E-state index in [1.807, 2.05) is 6.92 Å². The molecule has 1 N–H and O–H groups in total. The van der Waals surface area contributed by atoms with Crippen LogP contribution in [0.25, 0.3) is 0 Å². The van der Waals surface area contributed by atoms with Crippen molar-refractivity contribution < 1.29 is 4.63 Å². The Morgan fingerprint density at radius 2 is 2.29 bits per heavy atom. The van der Waals surface area contributed by atoms with Crippen molar-refractivity contribution in [3.05, 3.63) is 11.4 Å². The molecule has 1 aromatic heterocycles. The number of nitrogens with one attached hydrogen (secondary N) is 1. The van der Waals surface area contributed by atoms with Gasteiger partial charge in [-0.15, -0.1) is 0 Å². The zero-order chi connectivity index (χ0) is 9.97. The number of aromatic nitrogens is 2. The zero-order valence-corrected chi connectivity index (χ0v) is 8.66. The fourth-order valence-corrected chi connectivity index (χ4v) is 1.62. The summed E-state index contributed by atoms with van der Waals surface area (Å²) in [4.78, 5) is 2.39. The summed E-state index contributed by atoms with van der Waals surface area (Å²) < 4.78 is 4.68. The Labute approximate surface area is 83.4 Å². The summed E-state index contributed by atoms with van der Waals surface area (Å²) in [5.41, 5.74) is 1.86. The predicted octanol–water partition coefficient (Wildman–Crippen LogP) is 0.172. The van der Waals surface area contributed by atoms with Gasteiger partial charge in [-0.25, -0.2) is 4.63 Å². The van der Waals surface area contributed by atoms with E-state index >= 15 is 0 Å². The molecule has 78 valence electrons. The molecule has 0 atom stereocenters. The van der Waals surface area contributed by atoms with Crippen LogP contribution in [0.5, 0.6) is 0 Å². The van der Waals surface area contributed by atoms with Crippen LogP contribution in [0, 0.1) is 6.92 Å². The number of hydrogen-bond acceptors (Lipinski definition) is 5. The molecule has 0 unspecified atom stereocenters. The Kier molecular flexibility index (Phi) is 2.79. The first-order chi connectivity index (χ1) is 6.81.